The van der Waals surface area contributed by atoms with Gasteiger partial charge in [-0.05, 0) is 54.6 Å². The van der Waals surface area contributed by atoms with Crippen LogP contribution in [0.2, 0.25) is 5.02 Å². The zero-order valence-electron chi connectivity index (χ0n) is 21.0. The van der Waals surface area contributed by atoms with Crippen molar-refractivity contribution in [2.45, 2.75) is 41.1 Å². The summed E-state index contributed by atoms with van der Waals surface area (Å²) in [4.78, 5) is 29.1. The van der Waals surface area contributed by atoms with E-state index in [2.05, 4.69) is 26.8 Å². The summed E-state index contributed by atoms with van der Waals surface area (Å²) in [5, 5.41) is 1.07. The van der Waals surface area contributed by atoms with E-state index in [-0.39, 0.29) is 22.4 Å². The molecule has 0 amide bonds. The summed E-state index contributed by atoms with van der Waals surface area (Å²) in [5.41, 5.74) is 6.52. The van der Waals surface area contributed by atoms with Crippen LogP contribution >= 0.6 is 23.4 Å². The van der Waals surface area contributed by atoms with Crippen LogP contribution in [0.5, 0.6) is 0 Å². The van der Waals surface area contributed by atoms with Gasteiger partial charge in [0.1, 0.15) is 10.8 Å². The highest BCUT2D eigenvalue weighted by molar-refractivity contribution is 7.99. The first-order valence-electron chi connectivity index (χ1n) is 12.2. The Labute approximate surface area is 234 Å². The first-order chi connectivity index (χ1) is 18.6. The molecule has 0 unspecified atom stereocenters. The number of nitrogens with zero attached hydrogens (tertiary/aromatic N) is 5. The molecule has 0 bridgehead atoms. The maximum atomic E-state index is 13.4. The Bertz CT molecular complexity index is 1690. The van der Waals surface area contributed by atoms with Crippen LogP contribution in [0.15, 0.2) is 74.7 Å². The van der Waals surface area contributed by atoms with Gasteiger partial charge in [0.25, 0.3) is 5.56 Å². The summed E-state index contributed by atoms with van der Waals surface area (Å²) in [5.74, 6) is 0.805. The quantitative estimate of drug-likeness (QED) is 0.315. The summed E-state index contributed by atoms with van der Waals surface area (Å²) < 4.78 is 37.2. The van der Waals surface area contributed by atoms with Crippen LogP contribution < -0.4 is 16.2 Å². The van der Waals surface area contributed by atoms with Crippen molar-refractivity contribution in [3.63, 3.8) is 0 Å². The van der Waals surface area contributed by atoms with Crippen molar-refractivity contribution in [1.82, 2.24) is 19.5 Å². The van der Waals surface area contributed by atoms with Crippen molar-refractivity contribution in [3.8, 4) is 0 Å². The smallest absolute Gasteiger partial charge is 0.332 e. The second-order valence-corrected chi connectivity index (χ2v) is 12.6. The molecule has 13 heteroatoms. The fourth-order valence-corrected chi connectivity index (χ4v) is 6.14. The van der Waals surface area contributed by atoms with E-state index in [1.54, 1.807) is 30.6 Å². The third-order valence-electron chi connectivity index (χ3n) is 7.04. The Hall–Kier alpha value is -3.06. The van der Waals surface area contributed by atoms with E-state index in [1.165, 1.54) is 34.8 Å². The molecule has 1 aliphatic rings. The molecule has 204 valence electrons. The van der Waals surface area contributed by atoms with Gasteiger partial charge in [-0.15, -0.1) is 3.89 Å². The number of hydrogen-bond donors (Lipinski definition) is 1. The minimum absolute atomic E-state index is 0.00724. The maximum absolute atomic E-state index is 13.4. The normalized spacial score (nSPS) is 15.5. The van der Waals surface area contributed by atoms with Gasteiger partial charge < -0.3 is 10.6 Å². The summed E-state index contributed by atoms with van der Waals surface area (Å²) in [6.07, 6.45) is 6.78. The molecule has 5 rings (SSSR count). The van der Waals surface area contributed by atoms with Gasteiger partial charge in [0, 0.05) is 18.0 Å². The van der Waals surface area contributed by atoms with Gasteiger partial charge in [0.2, 0.25) is 0 Å². The molecule has 9 nitrogen and oxygen atoms in total. The van der Waals surface area contributed by atoms with Crippen molar-refractivity contribution < 1.29 is 12.3 Å². The minimum atomic E-state index is -4.86. The largest absolute Gasteiger partial charge is 0.355 e. The molecule has 1 saturated heterocycles. The van der Waals surface area contributed by atoms with Crippen LogP contribution in [-0.4, -0.2) is 47.6 Å². The van der Waals surface area contributed by atoms with E-state index < -0.39 is 20.7 Å². The molecule has 1 fully saturated rings. The second kappa shape index (κ2) is 10.8. The Morgan fingerprint density at radius 3 is 2.56 bits per heavy atom. The summed E-state index contributed by atoms with van der Waals surface area (Å²) in [6, 6.07) is 8.83. The molecule has 3 heterocycles. The molecular formula is C26H26ClFN6O3S2. The number of piperidine rings is 1. The Morgan fingerprint density at radius 1 is 1.13 bits per heavy atom. The number of benzene rings is 2. The molecule has 4 aromatic rings. The predicted octanol–water partition coefficient (Wildman–Crippen LogP) is 4.26. The third kappa shape index (κ3) is 5.93. The number of aromatic nitrogens is 4. The fourth-order valence-electron chi connectivity index (χ4n) is 4.49. The van der Waals surface area contributed by atoms with Crippen LogP contribution in [0.4, 0.5) is 9.70 Å². The standard InChI is InChI=1S/C26H26ClFN6O3S2/c1-26(15-29)7-9-33(10-8-26)21-12-31-22(13-30-21)38-20-6-5-19-23(24(20)27)25(35)34(16-32-19)14-17-3-2-4-18(11-17)39(28,36)37/h2-6,11-13,16H,7-10,14-15,29H2,1H3. The number of anilines is 1. The molecule has 2 N–H and O–H groups in total. The first-order valence-corrected chi connectivity index (χ1v) is 14.8. The molecule has 0 spiro atoms. The molecule has 39 heavy (non-hydrogen) atoms. The highest BCUT2D eigenvalue weighted by Gasteiger charge is 2.29. The van der Waals surface area contributed by atoms with Gasteiger partial charge >= 0.3 is 10.2 Å². The van der Waals surface area contributed by atoms with Crippen molar-refractivity contribution in [2.24, 2.45) is 11.1 Å². The first kappa shape index (κ1) is 27.5. The van der Waals surface area contributed by atoms with E-state index >= 15 is 0 Å². The SMILES string of the molecule is CC1(CN)CCN(c2cnc(Sc3ccc4ncn(Cc5cccc(S(=O)(=O)F)c5)c(=O)c4c3Cl)cn2)CC1. The zero-order valence-corrected chi connectivity index (χ0v) is 23.4. The third-order valence-corrected chi connectivity index (χ3v) is 9.35. The number of nitrogens with two attached hydrogens (primary N) is 1. The predicted molar refractivity (Wildman–Crippen MR) is 150 cm³/mol. The van der Waals surface area contributed by atoms with Crippen molar-refractivity contribution >= 4 is 50.3 Å². The van der Waals surface area contributed by atoms with E-state index in [9.17, 15) is 17.1 Å². The van der Waals surface area contributed by atoms with Gasteiger partial charge in [-0.3, -0.25) is 9.36 Å². The molecule has 2 aromatic carbocycles. The minimum Gasteiger partial charge on any atom is -0.355 e. The monoisotopic (exact) mass is 588 g/mol. The number of hydrogen-bond acceptors (Lipinski definition) is 9. The number of halogens is 2. The summed E-state index contributed by atoms with van der Waals surface area (Å²) >= 11 is 7.97. The lowest BCUT2D eigenvalue weighted by Gasteiger charge is -2.39. The van der Waals surface area contributed by atoms with E-state index in [0.29, 0.717) is 27.5 Å². The van der Waals surface area contributed by atoms with Gasteiger partial charge in [-0.25, -0.2) is 15.0 Å². The lowest BCUT2D eigenvalue weighted by molar-refractivity contribution is 0.258. The van der Waals surface area contributed by atoms with Crippen molar-refractivity contribution in [3.05, 3.63) is 76.1 Å². The van der Waals surface area contributed by atoms with Crippen LogP contribution in [0.25, 0.3) is 10.9 Å². The highest BCUT2D eigenvalue weighted by atomic mass is 35.5. The van der Waals surface area contributed by atoms with Crippen LogP contribution in [0.3, 0.4) is 0 Å². The van der Waals surface area contributed by atoms with Crippen molar-refractivity contribution in [2.75, 3.05) is 24.5 Å². The van der Waals surface area contributed by atoms with Crippen molar-refractivity contribution in [1.29, 1.82) is 0 Å². The lowest BCUT2D eigenvalue weighted by atomic mass is 9.80. The van der Waals surface area contributed by atoms with Crippen LogP contribution in [0, 0.1) is 5.41 Å². The van der Waals surface area contributed by atoms with Gasteiger partial charge in [0.05, 0.1) is 46.1 Å². The fraction of sp³-hybridized carbons (Fsp3) is 0.308. The summed E-state index contributed by atoms with van der Waals surface area (Å²) in [6.45, 7) is 4.62. The molecule has 0 radical (unpaired) electrons. The molecule has 0 saturated carbocycles. The lowest BCUT2D eigenvalue weighted by Crippen LogP contribution is -2.42. The van der Waals surface area contributed by atoms with E-state index in [0.717, 1.165) is 37.8 Å². The molecule has 0 aliphatic carbocycles. The number of rotatable bonds is 7. The van der Waals surface area contributed by atoms with Crippen LogP contribution in [0.1, 0.15) is 25.3 Å². The zero-order chi connectivity index (χ0) is 27.8. The highest BCUT2D eigenvalue weighted by Crippen LogP contribution is 2.36. The van der Waals surface area contributed by atoms with E-state index in [1.807, 2.05) is 0 Å². The molecular weight excluding hydrogens is 563 g/mol. The van der Waals surface area contributed by atoms with Crippen LogP contribution in [-0.2, 0) is 16.8 Å². The topological polar surface area (TPSA) is 124 Å². The average molecular weight is 589 g/mol. The maximum Gasteiger partial charge on any atom is 0.332 e. The van der Waals surface area contributed by atoms with Gasteiger partial charge in [-0.1, -0.05) is 42.4 Å². The Balaban J connectivity index is 1.37. The Morgan fingerprint density at radius 2 is 1.90 bits per heavy atom. The average Bonchev–Trinajstić information content (AvgIpc) is 2.92. The van der Waals surface area contributed by atoms with Gasteiger partial charge in [-0.2, -0.15) is 8.42 Å². The van der Waals surface area contributed by atoms with Gasteiger partial charge in [0.15, 0.2) is 0 Å². The molecule has 2 aromatic heterocycles. The second-order valence-electron chi connectivity index (χ2n) is 9.85. The summed E-state index contributed by atoms with van der Waals surface area (Å²) in [7, 11) is -4.86. The van der Waals surface area contributed by atoms with E-state index in [4.69, 9.17) is 17.3 Å². The number of fused-ring (bicyclic) bond motifs is 1. The molecule has 0 atom stereocenters. The Kier molecular flexibility index (Phi) is 7.64. The molecule has 1 aliphatic heterocycles.